The molecule has 3 rings (SSSR count). The fraction of sp³-hybridized carbons (Fsp3) is 0.400. The average Bonchev–Trinajstić information content (AvgIpc) is 2.59. The van der Waals surface area contributed by atoms with Crippen LogP contribution in [0.3, 0.4) is 0 Å². The lowest BCUT2D eigenvalue weighted by atomic mass is 9.97. The summed E-state index contributed by atoms with van der Waals surface area (Å²) in [5.41, 5.74) is 2.71. The summed E-state index contributed by atoms with van der Waals surface area (Å²) in [4.78, 5) is 2.29. The highest BCUT2D eigenvalue weighted by Crippen LogP contribution is 2.35. The lowest BCUT2D eigenvalue weighted by molar-refractivity contribution is 0.170. The first kappa shape index (κ1) is 15.9. The van der Waals surface area contributed by atoms with Crippen molar-refractivity contribution in [1.82, 2.24) is 4.90 Å². The molecule has 0 aliphatic carbocycles. The molecule has 23 heavy (non-hydrogen) atoms. The number of fused-ring (bicyclic) bond motifs is 1. The molecule has 0 saturated heterocycles. The third kappa shape index (κ3) is 4.05. The molecule has 0 N–H and O–H groups in total. The van der Waals surface area contributed by atoms with E-state index in [2.05, 4.69) is 61.5 Å². The van der Waals surface area contributed by atoms with Gasteiger partial charge in [0.1, 0.15) is 13.2 Å². The van der Waals surface area contributed by atoms with Crippen molar-refractivity contribution in [2.45, 2.75) is 25.3 Å². The smallest absolute Gasteiger partial charge is 0.161 e. The Morgan fingerprint density at radius 3 is 2.43 bits per heavy atom. The van der Waals surface area contributed by atoms with Crippen molar-refractivity contribution >= 4 is 0 Å². The summed E-state index contributed by atoms with van der Waals surface area (Å²) < 4.78 is 11.3. The Morgan fingerprint density at radius 1 is 0.957 bits per heavy atom. The van der Waals surface area contributed by atoms with Crippen LogP contribution in [0.5, 0.6) is 11.5 Å². The first-order valence-electron chi connectivity index (χ1n) is 8.34. The summed E-state index contributed by atoms with van der Waals surface area (Å²) in [6.45, 7) is 1.28. The van der Waals surface area contributed by atoms with Crippen LogP contribution in [-0.4, -0.2) is 32.2 Å². The predicted molar refractivity (Wildman–Crippen MR) is 93.2 cm³/mol. The summed E-state index contributed by atoms with van der Waals surface area (Å²) in [6, 6.07) is 17.4. The minimum Gasteiger partial charge on any atom is -0.486 e. The fourth-order valence-corrected chi connectivity index (χ4v) is 3.13. The molecule has 0 amide bonds. The second kappa shape index (κ2) is 7.51. The van der Waals surface area contributed by atoms with Gasteiger partial charge in [0.15, 0.2) is 11.5 Å². The van der Waals surface area contributed by atoms with Crippen molar-refractivity contribution in [1.29, 1.82) is 0 Å². The van der Waals surface area contributed by atoms with Gasteiger partial charge in [-0.1, -0.05) is 36.4 Å². The molecule has 0 spiro atoms. The van der Waals surface area contributed by atoms with E-state index in [0.717, 1.165) is 24.3 Å². The zero-order valence-corrected chi connectivity index (χ0v) is 14.0. The Kier molecular flexibility index (Phi) is 5.19. The number of rotatable bonds is 6. The maximum Gasteiger partial charge on any atom is 0.161 e. The topological polar surface area (TPSA) is 21.7 Å². The predicted octanol–water partition coefficient (Wildman–Crippen LogP) is 4.08. The molecule has 0 fully saturated rings. The lowest BCUT2D eigenvalue weighted by Crippen LogP contribution is -2.21. The van der Waals surface area contributed by atoms with Crippen molar-refractivity contribution in [2.75, 3.05) is 27.3 Å². The van der Waals surface area contributed by atoms with E-state index in [1.165, 1.54) is 17.5 Å². The largest absolute Gasteiger partial charge is 0.486 e. The number of nitrogens with zero attached hydrogens (tertiary/aromatic N) is 1. The second-order valence-electron chi connectivity index (χ2n) is 6.26. The molecule has 0 aromatic heterocycles. The second-order valence-corrected chi connectivity index (χ2v) is 6.26. The molecule has 0 bridgehead atoms. The van der Waals surface area contributed by atoms with Gasteiger partial charge in [-0.05, 0) is 56.6 Å². The van der Waals surface area contributed by atoms with Gasteiger partial charge in [0.2, 0.25) is 0 Å². The molecule has 3 heteroatoms. The lowest BCUT2D eigenvalue weighted by Gasteiger charge is -2.27. The SMILES string of the molecule is CN(C)C(CCCc1ccccc1)c1ccc2c(c1)OCCO2. The highest BCUT2D eigenvalue weighted by Gasteiger charge is 2.18. The summed E-state index contributed by atoms with van der Waals surface area (Å²) in [5, 5.41) is 0. The van der Waals surface area contributed by atoms with Gasteiger partial charge in [0, 0.05) is 6.04 Å². The van der Waals surface area contributed by atoms with Crippen molar-refractivity contribution in [3.05, 3.63) is 59.7 Å². The van der Waals surface area contributed by atoms with E-state index >= 15 is 0 Å². The van der Waals surface area contributed by atoms with Crippen molar-refractivity contribution in [3.63, 3.8) is 0 Å². The van der Waals surface area contributed by atoms with Gasteiger partial charge in [-0.3, -0.25) is 0 Å². The van der Waals surface area contributed by atoms with Crippen LogP contribution in [0.25, 0.3) is 0 Å². The maximum atomic E-state index is 5.72. The molecule has 1 aliphatic rings. The highest BCUT2D eigenvalue weighted by molar-refractivity contribution is 5.44. The van der Waals surface area contributed by atoms with E-state index in [4.69, 9.17) is 9.47 Å². The van der Waals surface area contributed by atoms with Gasteiger partial charge < -0.3 is 14.4 Å². The molecule has 1 aliphatic heterocycles. The molecular weight excluding hydrogens is 286 g/mol. The van der Waals surface area contributed by atoms with Gasteiger partial charge in [0.05, 0.1) is 0 Å². The van der Waals surface area contributed by atoms with Gasteiger partial charge in [-0.25, -0.2) is 0 Å². The third-order valence-electron chi connectivity index (χ3n) is 4.36. The summed E-state index contributed by atoms with van der Waals surface area (Å²) in [5.74, 6) is 1.74. The van der Waals surface area contributed by atoms with Gasteiger partial charge in [-0.15, -0.1) is 0 Å². The van der Waals surface area contributed by atoms with E-state index < -0.39 is 0 Å². The highest BCUT2D eigenvalue weighted by atomic mass is 16.6. The van der Waals surface area contributed by atoms with Crippen LogP contribution in [0.4, 0.5) is 0 Å². The number of hydrogen-bond acceptors (Lipinski definition) is 3. The molecule has 1 heterocycles. The van der Waals surface area contributed by atoms with E-state index in [-0.39, 0.29) is 0 Å². The molecular formula is C20H25NO2. The first-order chi connectivity index (χ1) is 11.2. The molecule has 122 valence electrons. The molecule has 0 radical (unpaired) electrons. The van der Waals surface area contributed by atoms with E-state index in [0.29, 0.717) is 19.3 Å². The van der Waals surface area contributed by atoms with E-state index in [1.54, 1.807) is 0 Å². The summed E-state index contributed by atoms with van der Waals surface area (Å²) in [7, 11) is 4.29. The normalized spacial score (nSPS) is 14.7. The molecule has 1 unspecified atom stereocenters. The van der Waals surface area contributed by atoms with Crippen LogP contribution in [0, 0.1) is 0 Å². The zero-order valence-electron chi connectivity index (χ0n) is 14.0. The molecule has 2 aromatic rings. The average molecular weight is 311 g/mol. The van der Waals surface area contributed by atoms with E-state index in [1.807, 2.05) is 6.07 Å². The molecule has 0 saturated carbocycles. The summed E-state index contributed by atoms with van der Waals surface area (Å²) >= 11 is 0. The van der Waals surface area contributed by atoms with Crippen molar-refractivity contribution in [2.24, 2.45) is 0 Å². The van der Waals surface area contributed by atoms with Gasteiger partial charge in [0.25, 0.3) is 0 Å². The zero-order chi connectivity index (χ0) is 16.1. The Hall–Kier alpha value is -2.00. The number of ether oxygens (including phenoxy) is 2. The van der Waals surface area contributed by atoms with Crippen LogP contribution < -0.4 is 9.47 Å². The maximum absolute atomic E-state index is 5.72. The standard InChI is InChI=1S/C20H25NO2/c1-21(2)18(10-6-9-16-7-4-3-5-8-16)17-11-12-19-20(15-17)23-14-13-22-19/h3-5,7-8,11-12,15,18H,6,9-10,13-14H2,1-2H3. The number of aryl methyl sites for hydroxylation is 1. The Labute approximate surface area is 138 Å². The minimum absolute atomic E-state index is 0.398. The van der Waals surface area contributed by atoms with Crippen LogP contribution in [0.15, 0.2) is 48.5 Å². The fourth-order valence-electron chi connectivity index (χ4n) is 3.13. The number of benzene rings is 2. The quantitative estimate of drug-likeness (QED) is 0.802. The molecule has 3 nitrogen and oxygen atoms in total. The van der Waals surface area contributed by atoms with Gasteiger partial charge in [-0.2, -0.15) is 0 Å². The Bertz CT molecular complexity index is 625. The first-order valence-corrected chi connectivity index (χ1v) is 8.34. The number of hydrogen-bond donors (Lipinski definition) is 0. The minimum atomic E-state index is 0.398. The van der Waals surface area contributed by atoms with Crippen LogP contribution >= 0.6 is 0 Å². The third-order valence-corrected chi connectivity index (χ3v) is 4.36. The summed E-state index contributed by atoms with van der Waals surface area (Å²) in [6.07, 6.45) is 3.42. The molecule has 1 atom stereocenters. The van der Waals surface area contributed by atoms with Gasteiger partial charge >= 0.3 is 0 Å². The van der Waals surface area contributed by atoms with Crippen LogP contribution in [0.1, 0.15) is 30.0 Å². The van der Waals surface area contributed by atoms with Crippen molar-refractivity contribution < 1.29 is 9.47 Å². The van der Waals surface area contributed by atoms with Crippen LogP contribution in [0.2, 0.25) is 0 Å². The monoisotopic (exact) mass is 311 g/mol. The molecule has 2 aromatic carbocycles. The van der Waals surface area contributed by atoms with Crippen molar-refractivity contribution in [3.8, 4) is 11.5 Å². The van der Waals surface area contributed by atoms with E-state index in [9.17, 15) is 0 Å². The Morgan fingerprint density at radius 2 is 1.70 bits per heavy atom. The Balaban J connectivity index is 1.66. The van der Waals surface area contributed by atoms with Crippen LogP contribution in [-0.2, 0) is 6.42 Å².